The Morgan fingerprint density at radius 3 is 2.76 bits per heavy atom. The molecular weight excluding hydrogens is 332 g/mol. The molecule has 0 saturated carbocycles. The van der Waals surface area contributed by atoms with Gasteiger partial charge in [-0.05, 0) is 26.2 Å². The van der Waals surface area contributed by atoms with Gasteiger partial charge in [0.25, 0.3) is 5.56 Å². The van der Waals surface area contributed by atoms with Gasteiger partial charge in [0.05, 0.1) is 12.2 Å². The van der Waals surface area contributed by atoms with Gasteiger partial charge in [-0.3, -0.25) is 19.1 Å². The molecule has 25 heavy (non-hydrogen) atoms. The van der Waals surface area contributed by atoms with Crippen molar-refractivity contribution >= 4 is 5.97 Å². The van der Waals surface area contributed by atoms with E-state index in [4.69, 9.17) is 21.3 Å². The van der Waals surface area contributed by atoms with Crippen molar-refractivity contribution in [2.24, 2.45) is 11.5 Å². The van der Waals surface area contributed by atoms with Crippen LogP contribution in [0, 0.1) is 6.92 Å². The summed E-state index contributed by atoms with van der Waals surface area (Å²) in [5.74, 6) is -1.09. The highest BCUT2D eigenvalue weighted by Gasteiger charge is 2.36. The predicted molar refractivity (Wildman–Crippen MR) is 88.0 cm³/mol. The molecule has 0 spiro atoms. The lowest BCUT2D eigenvalue weighted by atomic mass is 9.99. The number of aromatic nitrogens is 2. The lowest BCUT2D eigenvalue weighted by Gasteiger charge is -2.20. The zero-order chi connectivity index (χ0) is 18.7. The van der Waals surface area contributed by atoms with Crippen LogP contribution < -0.4 is 22.7 Å². The number of aryl methyl sites for hydroxylation is 1. The topological polar surface area (TPSA) is 174 Å². The van der Waals surface area contributed by atoms with Gasteiger partial charge in [-0.1, -0.05) is 0 Å². The first kappa shape index (κ1) is 19.3. The first-order chi connectivity index (χ1) is 11.7. The molecule has 7 N–H and O–H groups in total. The number of ether oxygens (including phenoxy) is 1. The minimum Gasteiger partial charge on any atom is -0.480 e. The van der Waals surface area contributed by atoms with Gasteiger partial charge in [-0.15, -0.1) is 0 Å². The van der Waals surface area contributed by atoms with E-state index in [0.29, 0.717) is 18.4 Å². The highest BCUT2D eigenvalue weighted by atomic mass is 16.5. The predicted octanol–water partition coefficient (Wildman–Crippen LogP) is -1.60. The summed E-state index contributed by atoms with van der Waals surface area (Å²) in [7, 11) is 0. The van der Waals surface area contributed by atoms with E-state index in [-0.39, 0.29) is 12.8 Å². The van der Waals surface area contributed by atoms with E-state index in [0.717, 1.165) is 0 Å². The van der Waals surface area contributed by atoms with Crippen molar-refractivity contribution < 1.29 is 19.7 Å². The van der Waals surface area contributed by atoms with Crippen LogP contribution in [0.2, 0.25) is 0 Å². The molecule has 2 heterocycles. The zero-order valence-corrected chi connectivity index (χ0v) is 13.9. The van der Waals surface area contributed by atoms with E-state index in [9.17, 15) is 19.5 Å². The molecule has 0 radical (unpaired) electrons. The molecule has 1 fully saturated rings. The molecule has 10 heteroatoms. The maximum atomic E-state index is 11.9. The fourth-order valence-electron chi connectivity index (χ4n) is 2.83. The Hall–Kier alpha value is -2.01. The van der Waals surface area contributed by atoms with E-state index in [1.165, 1.54) is 10.8 Å². The Labute approximate surface area is 143 Å². The number of nitrogens with two attached hydrogens (primary N) is 2. The second kappa shape index (κ2) is 7.91. The van der Waals surface area contributed by atoms with E-state index < -0.39 is 47.7 Å². The average molecular weight is 356 g/mol. The number of nitrogens with zero attached hydrogens (tertiary/aromatic N) is 1. The van der Waals surface area contributed by atoms with Crippen molar-refractivity contribution in [1.29, 1.82) is 0 Å². The van der Waals surface area contributed by atoms with Crippen LogP contribution >= 0.6 is 0 Å². The van der Waals surface area contributed by atoms with Gasteiger partial charge in [0.15, 0.2) is 0 Å². The maximum absolute atomic E-state index is 11.9. The van der Waals surface area contributed by atoms with Crippen LogP contribution in [0.25, 0.3) is 0 Å². The number of carboxylic acids is 1. The van der Waals surface area contributed by atoms with E-state index in [1.807, 2.05) is 0 Å². The quantitative estimate of drug-likeness (QED) is 0.388. The van der Waals surface area contributed by atoms with Crippen LogP contribution in [0.5, 0.6) is 0 Å². The molecule has 0 bridgehead atoms. The summed E-state index contributed by atoms with van der Waals surface area (Å²) < 4.78 is 6.97. The number of nitrogens with one attached hydrogen (secondary N) is 1. The molecule has 1 aliphatic rings. The maximum Gasteiger partial charge on any atom is 0.330 e. The van der Waals surface area contributed by atoms with Crippen molar-refractivity contribution in [3.8, 4) is 0 Å². The Morgan fingerprint density at radius 2 is 2.12 bits per heavy atom. The van der Waals surface area contributed by atoms with Gasteiger partial charge < -0.3 is 26.4 Å². The third-order valence-electron chi connectivity index (χ3n) is 4.36. The van der Waals surface area contributed by atoms with Gasteiger partial charge >= 0.3 is 11.7 Å². The molecule has 5 atom stereocenters. The largest absolute Gasteiger partial charge is 0.480 e. The van der Waals surface area contributed by atoms with Crippen LogP contribution in [-0.2, 0) is 9.53 Å². The summed E-state index contributed by atoms with van der Waals surface area (Å²) in [6.45, 7) is 1.57. The zero-order valence-electron chi connectivity index (χ0n) is 13.9. The fourth-order valence-corrected chi connectivity index (χ4v) is 2.83. The van der Waals surface area contributed by atoms with Gasteiger partial charge in [-0.2, -0.15) is 0 Å². The third kappa shape index (κ3) is 4.75. The van der Waals surface area contributed by atoms with Crippen molar-refractivity contribution in [1.82, 2.24) is 9.55 Å². The Morgan fingerprint density at radius 1 is 1.44 bits per heavy atom. The smallest absolute Gasteiger partial charge is 0.330 e. The minimum absolute atomic E-state index is 0.192. The highest BCUT2D eigenvalue weighted by molar-refractivity contribution is 5.72. The minimum atomic E-state index is -1.09. The molecule has 140 valence electrons. The summed E-state index contributed by atoms with van der Waals surface area (Å²) in [6, 6.07) is -1.37. The number of rotatable bonds is 7. The van der Waals surface area contributed by atoms with Crippen LogP contribution in [0.15, 0.2) is 15.8 Å². The van der Waals surface area contributed by atoms with Crippen LogP contribution in [0.3, 0.4) is 0 Å². The molecular formula is C15H24N4O6. The first-order valence-corrected chi connectivity index (χ1v) is 8.08. The molecule has 0 aliphatic carbocycles. The Bertz CT molecular complexity index is 729. The fraction of sp³-hybridized carbons (Fsp3) is 0.667. The van der Waals surface area contributed by atoms with Crippen LogP contribution in [0.1, 0.15) is 37.5 Å². The number of aromatic amines is 1. The van der Waals surface area contributed by atoms with Gasteiger partial charge in [0, 0.05) is 24.2 Å². The monoisotopic (exact) mass is 356 g/mol. The normalized spacial score (nSPS) is 25.7. The number of aliphatic carboxylic acids is 1. The third-order valence-corrected chi connectivity index (χ3v) is 4.36. The molecule has 1 saturated heterocycles. The summed E-state index contributed by atoms with van der Waals surface area (Å²) in [5.41, 5.74) is 10.7. The van der Waals surface area contributed by atoms with E-state index in [2.05, 4.69) is 4.98 Å². The number of carbonyl (C=O) groups is 1. The molecule has 10 nitrogen and oxygen atoms in total. The van der Waals surface area contributed by atoms with Crippen molar-refractivity contribution in [2.45, 2.75) is 63.1 Å². The summed E-state index contributed by atoms with van der Waals surface area (Å²) in [5, 5.41) is 18.9. The van der Waals surface area contributed by atoms with Crippen LogP contribution in [0.4, 0.5) is 0 Å². The molecule has 1 aromatic heterocycles. The standard InChI is InChI=1S/C15H24N4O6/c1-7-6-19(15(24)18-13(7)21)12-5-10(20)11(25-12)4-8(16)2-3-9(17)14(22)23/h6,8-12,20H,2-5,16-17H2,1H3,(H,22,23)(H,18,21,24)/t8-,9+,10+,11-,12-/m1/s1. The molecule has 1 aromatic rings. The van der Waals surface area contributed by atoms with E-state index in [1.54, 1.807) is 6.92 Å². The van der Waals surface area contributed by atoms with Gasteiger partial charge in [-0.25, -0.2) is 4.79 Å². The molecule has 0 amide bonds. The number of aliphatic hydroxyl groups is 1. The van der Waals surface area contributed by atoms with Gasteiger partial charge in [0.1, 0.15) is 12.3 Å². The number of carboxylic acid groups (broad SMARTS) is 1. The highest BCUT2D eigenvalue weighted by Crippen LogP contribution is 2.30. The van der Waals surface area contributed by atoms with E-state index >= 15 is 0 Å². The van der Waals surface area contributed by atoms with Crippen molar-refractivity contribution in [3.63, 3.8) is 0 Å². The Balaban J connectivity index is 1.97. The second-order valence-electron chi connectivity index (χ2n) is 6.43. The average Bonchev–Trinajstić information content (AvgIpc) is 2.89. The number of H-pyrrole nitrogens is 1. The number of hydrogen-bond donors (Lipinski definition) is 5. The second-order valence-corrected chi connectivity index (χ2v) is 6.43. The summed E-state index contributed by atoms with van der Waals surface area (Å²) >= 11 is 0. The SMILES string of the molecule is Cc1cn([C@H]2C[C@H](O)[C@@H](C[C@H](N)CC[C@H](N)C(=O)O)O2)c(=O)[nH]c1=O. The van der Waals surface area contributed by atoms with Gasteiger partial charge in [0.2, 0.25) is 0 Å². The molecule has 0 unspecified atom stereocenters. The van der Waals surface area contributed by atoms with Crippen molar-refractivity contribution in [2.75, 3.05) is 0 Å². The lowest BCUT2D eigenvalue weighted by molar-refractivity contribution is -0.138. The Kier molecular flexibility index (Phi) is 6.11. The molecule has 0 aromatic carbocycles. The number of aliphatic hydroxyl groups excluding tert-OH is 1. The number of hydrogen-bond acceptors (Lipinski definition) is 7. The summed E-state index contributed by atoms with van der Waals surface area (Å²) in [6.07, 6.45) is 0.398. The molecule has 2 rings (SSSR count). The van der Waals surface area contributed by atoms with Crippen molar-refractivity contribution in [3.05, 3.63) is 32.6 Å². The summed E-state index contributed by atoms with van der Waals surface area (Å²) in [4.78, 5) is 36.2. The first-order valence-electron chi connectivity index (χ1n) is 8.08. The van der Waals surface area contributed by atoms with Crippen LogP contribution in [-0.4, -0.2) is 50.0 Å². The lowest BCUT2D eigenvalue weighted by Crippen LogP contribution is -2.36. The molecule has 1 aliphatic heterocycles.